The third kappa shape index (κ3) is 3.73. The molecule has 3 rings (SSSR count). The molecular formula is C19H22N2O. The van der Waals surface area contributed by atoms with Crippen molar-refractivity contribution in [1.29, 1.82) is 0 Å². The minimum Gasteiger partial charge on any atom is -0.342 e. The number of aromatic nitrogens is 1. The summed E-state index contributed by atoms with van der Waals surface area (Å²) in [5.41, 5.74) is 2.34. The molecule has 0 saturated carbocycles. The van der Waals surface area contributed by atoms with E-state index in [4.69, 9.17) is 0 Å². The smallest absolute Gasteiger partial charge is 0.227 e. The molecule has 2 heterocycles. The lowest BCUT2D eigenvalue weighted by molar-refractivity contribution is -0.130. The Labute approximate surface area is 132 Å². The van der Waals surface area contributed by atoms with Gasteiger partial charge in [0, 0.05) is 31.4 Å². The van der Waals surface area contributed by atoms with Crippen LogP contribution in [0.25, 0.3) is 0 Å². The van der Waals surface area contributed by atoms with Gasteiger partial charge in [0.15, 0.2) is 0 Å². The normalized spacial score (nSPS) is 18.7. The highest BCUT2D eigenvalue weighted by molar-refractivity contribution is 5.78. The van der Waals surface area contributed by atoms with Crippen LogP contribution in [0.5, 0.6) is 0 Å². The Bertz CT molecular complexity index is 597. The highest BCUT2D eigenvalue weighted by Gasteiger charge is 2.23. The predicted octanol–water partition coefficient (Wildman–Crippen LogP) is 3.42. The number of hydrogen-bond donors (Lipinski definition) is 0. The van der Waals surface area contributed by atoms with Crippen LogP contribution < -0.4 is 0 Å². The molecule has 0 radical (unpaired) electrons. The van der Waals surface area contributed by atoms with Crippen molar-refractivity contribution in [2.75, 3.05) is 13.1 Å². The molecule has 1 aromatic carbocycles. The lowest BCUT2D eigenvalue weighted by atomic mass is 9.94. The van der Waals surface area contributed by atoms with Gasteiger partial charge >= 0.3 is 0 Å². The molecule has 114 valence electrons. The van der Waals surface area contributed by atoms with Crippen molar-refractivity contribution in [3.05, 3.63) is 66.0 Å². The van der Waals surface area contributed by atoms with Crippen molar-refractivity contribution in [3.63, 3.8) is 0 Å². The van der Waals surface area contributed by atoms with E-state index >= 15 is 0 Å². The Morgan fingerprint density at radius 2 is 2.00 bits per heavy atom. The van der Waals surface area contributed by atoms with Gasteiger partial charge in [-0.3, -0.25) is 9.78 Å². The summed E-state index contributed by atoms with van der Waals surface area (Å²) in [5, 5.41) is 0. The van der Waals surface area contributed by atoms with Gasteiger partial charge in [0.05, 0.1) is 6.42 Å². The molecule has 0 N–H and O–H groups in total. The fraction of sp³-hybridized carbons (Fsp3) is 0.368. The van der Waals surface area contributed by atoms with E-state index in [1.54, 1.807) is 12.4 Å². The van der Waals surface area contributed by atoms with Crippen LogP contribution in [-0.4, -0.2) is 28.9 Å². The first-order valence-corrected chi connectivity index (χ1v) is 8.04. The van der Waals surface area contributed by atoms with E-state index in [0.717, 1.165) is 25.1 Å². The lowest BCUT2D eigenvalue weighted by Crippen LogP contribution is -2.35. The molecule has 1 saturated heterocycles. The third-order valence-corrected chi connectivity index (χ3v) is 4.37. The van der Waals surface area contributed by atoms with Crippen LogP contribution in [0.1, 0.15) is 36.3 Å². The maximum atomic E-state index is 12.6. The number of likely N-dealkylation sites (tertiary alicyclic amines) is 1. The number of pyridine rings is 1. The standard InChI is InChI=1S/C19H22N2O/c22-19(13-16-7-6-11-20-14-16)21-12-5-4-10-18(15-21)17-8-2-1-3-9-17/h1-3,6-9,11,14,18H,4-5,10,12-13,15H2/t18-/m1/s1. The molecule has 0 spiro atoms. The van der Waals surface area contributed by atoms with Crippen LogP contribution in [0.15, 0.2) is 54.9 Å². The summed E-state index contributed by atoms with van der Waals surface area (Å²) in [6.07, 6.45) is 7.43. The second-order valence-corrected chi connectivity index (χ2v) is 5.98. The number of nitrogens with zero attached hydrogens (tertiary/aromatic N) is 2. The van der Waals surface area contributed by atoms with Crippen LogP contribution in [0.2, 0.25) is 0 Å². The van der Waals surface area contributed by atoms with Gasteiger partial charge in [-0.2, -0.15) is 0 Å². The van der Waals surface area contributed by atoms with Crippen molar-refractivity contribution >= 4 is 5.91 Å². The molecule has 1 aromatic heterocycles. The van der Waals surface area contributed by atoms with Crippen LogP contribution in [0.3, 0.4) is 0 Å². The maximum absolute atomic E-state index is 12.6. The maximum Gasteiger partial charge on any atom is 0.227 e. The quantitative estimate of drug-likeness (QED) is 0.869. The van der Waals surface area contributed by atoms with Gasteiger partial charge < -0.3 is 4.90 Å². The summed E-state index contributed by atoms with van der Waals surface area (Å²) < 4.78 is 0. The van der Waals surface area contributed by atoms with Crippen LogP contribution in [0.4, 0.5) is 0 Å². The SMILES string of the molecule is O=C(Cc1cccnc1)N1CCCC[C@@H](c2ccccc2)C1. The molecule has 1 aliphatic heterocycles. The lowest BCUT2D eigenvalue weighted by Gasteiger charge is -2.25. The van der Waals surface area contributed by atoms with E-state index in [2.05, 4.69) is 29.2 Å². The van der Waals surface area contributed by atoms with Gasteiger partial charge in [0.2, 0.25) is 5.91 Å². The molecule has 1 amide bonds. The summed E-state index contributed by atoms with van der Waals surface area (Å²) in [6, 6.07) is 14.4. The molecule has 1 aliphatic rings. The van der Waals surface area contributed by atoms with E-state index in [1.165, 1.54) is 18.4 Å². The molecule has 1 atom stereocenters. The Morgan fingerprint density at radius 3 is 2.77 bits per heavy atom. The largest absolute Gasteiger partial charge is 0.342 e. The number of carbonyl (C=O) groups is 1. The Morgan fingerprint density at radius 1 is 1.14 bits per heavy atom. The van der Waals surface area contributed by atoms with Gasteiger partial charge in [-0.05, 0) is 30.0 Å². The molecule has 0 unspecified atom stereocenters. The van der Waals surface area contributed by atoms with E-state index in [0.29, 0.717) is 12.3 Å². The topological polar surface area (TPSA) is 33.2 Å². The van der Waals surface area contributed by atoms with Crippen molar-refractivity contribution < 1.29 is 4.79 Å². The first-order valence-electron chi connectivity index (χ1n) is 8.04. The van der Waals surface area contributed by atoms with Gasteiger partial charge in [0.25, 0.3) is 0 Å². The average Bonchev–Trinajstić information content (AvgIpc) is 2.83. The summed E-state index contributed by atoms with van der Waals surface area (Å²) in [7, 11) is 0. The van der Waals surface area contributed by atoms with Gasteiger partial charge in [-0.15, -0.1) is 0 Å². The molecule has 0 bridgehead atoms. The van der Waals surface area contributed by atoms with Crippen LogP contribution in [0, 0.1) is 0 Å². The van der Waals surface area contributed by atoms with E-state index in [1.807, 2.05) is 23.1 Å². The first-order chi connectivity index (χ1) is 10.8. The molecule has 3 heteroatoms. The number of amides is 1. The molecule has 1 fully saturated rings. The summed E-state index contributed by atoms with van der Waals surface area (Å²) in [4.78, 5) is 18.7. The second-order valence-electron chi connectivity index (χ2n) is 5.98. The second kappa shape index (κ2) is 7.21. The summed E-state index contributed by atoms with van der Waals surface area (Å²) in [5.74, 6) is 0.678. The Hall–Kier alpha value is -2.16. The Balaban J connectivity index is 1.68. The minimum absolute atomic E-state index is 0.218. The fourth-order valence-electron chi connectivity index (χ4n) is 3.15. The van der Waals surface area contributed by atoms with E-state index < -0.39 is 0 Å². The number of carbonyl (C=O) groups excluding carboxylic acids is 1. The van der Waals surface area contributed by atoms with Crippen molar-refractivity contribution in [3.8, 4) is 0 Å². The zero-order valence-electron chi connectivity index (χ0n) is 12.8. The first kappa shape index (κ1) is 14.8. The van der Waals surface area contributed by atoms with Gasteiger partial charge in [-0.1, -0.05) is 42.8 Å². The van der Waals surface area contributed by atoms with Gasteiger partial charge in [-0.25, -0.2) is 0 Å². The number of hydrogen-bond acceptors (Lipinski definition) is 2. The monoisotopic (exact) mass is 294 g/mol. The fourth-order valence-corrected chi connectivity index (χ4v) is 3.15. The van der Waals surface area contributed by atoms with Crippen LogP contribution in [-0.2, 0) is 11.2 Å². The minimum atomic E-state index is 0.218. The van der Waals surface area contributed by atoms with E-state index in [-0.39, 0.29) is 5.91 Å². The summed E-state index contributed by atoms with van der Waals surface area (Å²) in [6.45, 7) is 1.71. The number of benzene rings is 1. The van der Waals surface area contributed by atoms with Gasteiger partial charge in [0.1, 0.15) is 0 Å². The zero-order chi connectivity index (χ0) is 15.2. The highest BCUT2D eigenvalue weighted by Crippen LogP contribution is 2.26. The van der Waals surface area contributed by atoms with Crippen molar-refractivity contribution in [2.45, 2.75) is 31.6 Å². The molecular weight excluding hydrogens is 272 g/mol. The molecule has 2 aromatic rings. The van der Waals surface area contributed by atoms with Crippen molar-refractivity contribution in [1.82, 2.24) is 9.88 Å². The predicted molar refractivity (Wildman–Crippen MR) is 87.6 cm³/mol. The third-order valence-electron chi connectivity index (χ3n) is 4.37. The number of rotatable bonds is 3. The van der Waals surface area contributed by atoms with E-state index in [9.17, 15) is 4.79 Å². The molecule has 22 heavy (non-hydrogen) atoms. The zero-order valence-corrected chi connectivity index (χ0v) is 12.8. The van der Waals surface area contributed by atoms with Crippen molar-refractivity contribution in [2.24, 2.45) is 0 Å². The van der Waals surface area contributed by atoms with Crippen LogP contribution >= 0.6 is 0 Å². The summed E-state index contributed by atoms with van der Waals surface area (Å²) >= 11 is 0. The highest BCUT2D eigenvalue weighted by atomic mass is 16.2. The average molecular weight is 294 g/mol. The molecule has 3 nitrogen and oxygen atoms in total. The molecule has 0 aliphatic carbocycles. The Kier molecular flexibility index (Phi) is 4.84.